The number of aliphatic hydroxyl groups excluding tert-OH is 1. The van der Waals surface area contributed by atoms with E-state index in [2.05, 4.69) is 11.3 Å². The Morgan fingerprint density at radius 3 is 2.39 bits per heavy atom. The molecular formula is C14H13F4NO4. The fourth-order valence-corrected chi connectivity index (χ4v) is 1.66. The fraction of sp³-hybridized carbons (Fsp3) is 0.286. The molecule has 1 aromatic rings. The topological polar surface area (TPSA) is 89.6 Å². The zero-order valence-electron chi connectivity index (χ0n) is 11.7. The van der Waals surface area contributed by atoms with Crippen LogP contribution < -0.4 is 5.73 Å². The lowest BCUT2D eigenvalue weighted by Gasteiger charge is -2.25. The van der Waals surface area contributed by atoms with Gasteiger partial charge in [0.25, 0.3) is 0 Å². The van der Waals surface area contributed by atoms with Crippen molar-refractivity contribution in [2.45, 2.75) is 12.0 Å². The number of rotatable bonds is 7. The van der Waals surface area contributed by atoms with Crippen LogP contribution in [0.5, 0.6) is 0 Å². The maximum absolute atomic E-state index is 13.6. The third kappa shape index (κ3) is 3.93. The van der Waals surface area contributed by atoms with Gasteiger partial charge in [0.1, 0.15) is 5.54 Å². The van der Waals surface area contributed by atoms with E-state index in [1.54, 1.807) is 0 Å². The second-order valence-electron chi connectivity index (χ2n) is 4.61. The van der Waals surface area contributed by atoms with Crippen LogP contribution in [0.15, 0.2) is 18.7 Å². The molecule has 0 aliphatic heterocycles. The van der Waals surface area contributed by atoms with Crippen LogP contribution in [0.3, 0.4) is 0 Å². The predicted molar refractivity (Wildman–Crippen MR) is 70.4 cm³/mol. The molecule has 1 aromatic carbocycles. The molecule has 0 radical (unpaired) electrons. The van der Waals surface area contributed by atoms with Gasteiger partial charge in [0.15, 0.2) is 29.1 Å². The van der Waals surface area contributed by atoms with Gasteiger partial charge in [0.2, 0.25) is 0 Å². The molecule has 9 heteroatoms. The normalized spacial score (nSPS) is 13.3. The van der Waals surface area contributed by atoms with E-state index in [-0.39, 0.29) is 6.07 Å². The summed E-state index contributed by atoms with van der Waals surface area (Å²) in [6, 6.07) is 0.142. The minimum atomic E-state index is -2.18. The van der Waals surface area contributed by atoms with E-state index in [1.165, 1.54) is 0 Å². The van der Waals surface area contributed by atoms with Gasteiger partial charge in [-0.05, 0) is 6.07 Å². The van der Waals surface area contributed by atoms with Gasteiger partial charge in [-0.25, -0.2) is 22.4 Å². The monoisotopic (exact) mass is 335 g/mol. The Morgan fingerprint density at radius 1 is 1.26 bits per heavy atom. The summed E-state index contributed by atoms with van der Waals surface area (Å²) in [6.07, 6.45) is 0.366. The first-order chi connectivity index (χ1) is 10.7. The molecule has 0 aromatic heterocycles. The van der Waals surface area contributed by atoms with Gasteiger partial charge < -0.3 is 15.6 Å². The van der Waals surface area contributed by atoms with Crippen molar-refractivity contribution < 1.29 is 37.0 Å². The third-order valence-corrected chi connectivity index (χ3v) is 3.04. The highest BCUT2D eigenvalue weighted by Crippen LogP contribution is 2.23. The number of aliphatic hydroxyl groups is 1. The molecular weight excluding hydrogens is 322 g/mol. The Balaban J connectivity index is 3.09. The molecule has 0 aliphatic rings. The van der Waals surface area contributed by atoms with Crippen LogP contribution in [-0.2, 0) is 9.53 Å². The summed E-state index contributed by atoms with van der Waals surface area (Å²) in [6.45, 7) is 1.65. The highest BCUT2D eigenvalue weighted by atomic mass is 19.2. The highest BCUT2D eigenvalue weighted by Gasteiger charge is 2.37. The lowest BCUT2D eigenvalue weighted by atomic mass is 9.87. The fourth-order valence-electron chi connectivity index (χ4n) is 1.66. The van der Waals surface area contributed by atoms with Crippen LogP contribution in [0.1, 0.15) is 16.8 Å². The van der Waals surface area contributed by atoms with Gasteiger partial charge >= 0.3 is 5.97 Å². The standard InChI is InChI=1S/C14H13F4NO4/c1-2-9(21)23-4-3-14(19,6-20)13(22)7-5-8(15)11(17)12(18)10(7)16/h2,5,20H,1,3-4,6,19H2. The van der Waals surface area contributed by atoms with E-state index in [9.17, 15) is 32.3 Å². The first-order valence-corrected chi connectivity index (χ1v) is 6.24. The van der Waals surface area contributed by atoms with Crippen LogP contribution in [0.25, 0.3) is 0 Å². The van der Waals surface area contributed by atoms with Gasteiger partial charge in [-0.15, -0.1) is 0 Å². The number of Topliss-reactive ketones (excluding diaryl/α,β-unsaturated/α-hetero) is 1. The number of ether oxygens (including phenoxy) is 1. The second-order valence-corrected chi connectivity index (χ2v) is 4.61. The van der Waals surface area contributed by atoms with Crippen LogP contribution >= 0.6 is 0 Å². The lowest BCUT2D eigenvalue weighted by molar-refractivity contribution is -0.138. The van der Waals surface area contributed by atoms with Crippen molar-refractivity contribution in [3.63, 3.8) is 0 Å². The van der Waals surface area contributed by atoms with Gasteiger partial charge in [-0.2, -0.15) is 0 Å². The summed E-state index contributed by atoms with van der Waals surface area (Å²) in [5, 5.41) is 9.23. The number of hydrogen-bond donors (Lipinski definition) is 2. The number of carbonyl (C=O) groups excluding carboxylic acids is 2. The van der Waals surface area contributed by atoms with E-state index >= 15 is 0 Å². The minimum absolute atomic E-state index is 0.142. The molecule has 1 atom stereocenters. The molecule has 0 fully saturated rings. The molecule has 0 spiro atoms. The van der Waals surface area contributed by atoms with Crippen molar-refractivity contribution in [3.05, 3.63) is 47.6 Å². The maximum Gasteiger partial charge on any atom is 0.330 e. The van der Waals surface area contributed by atoms with E-state index < -0.39 is 65.8 Å². The van der Waals surface area contributed by atoms with Crippen LogP contribution in [0.2, 0.25) is 0 Å². The van der Waals surface area contributed by atoms with E-state index in [4.69, 9.17) is 5.73 Å². The molecule has 1 unspecified atom stereocenters. The van der Waals surface area contributed by atoms with Gasteiger partial charge in [0.05, 0.1) is 18.8 Å². The summed E-state index contributed by atoms with van der Waals surface area (Å²) in [7, 11) is 0. The summed E-state index contributed by atoms with van der Waals surface area (Å²) >= 11 is 0. The number of halogens is 4. The second kappa shape index (κ2) is 7.34. The van der Waals surface area contributed by atoms with Gasteiger partial charge in [0, 0.05) is 12.5 Å². The van der Waals surface area contributed by atoms with Crippen LogP contribution in [0.4, 0.5) is 17.6 Å². The van der Waals surface area contributed by atoms with E-state index in [0.717, 1.165) is 6.08 Å². The molecule has 1 rings (SSSR count). The average molecular weight is 335 g/mol. The number of carbonyl (C=O) groups is 2. The lowest BCUT2D eigenvalue weighted by Crippen LogP contribution is -2.52. The van der Waals surface area contributed by atoms with E-state index in [1.807, 2.05) is 0 Å². The predicted octanol–water partition coefficient (Wildman–Crippen LogP) is 1.23. The highest BCUT2D eigenvalue weighted by molar-refractivity contribution is 6.03. The van der Waals surface area contributed by atoms with Gasteiger partial charge in [-0.1, -0.05) is 6.58 Å². The Kier molecular flexibility index (Phi) is 5.99. The summed E-state index contributed by atoms with van der Waals surface area (Å²) in [5.41, 5.74) is 2.24. The number of benzene rings is 1. The van der Waals surface area contributed by atoms with Crippen molar-refractivity contribution in [3.8, 4) is 0 Å². The SMILES string of the molecule is C=CC(=O)OCCC(N)(CO)C(=O)c1cc(F)c(F)c(F)c1F. The molecule has 126 valence electrons. The smallest absolute Gasteiger partial charge is 0.330 e. The Bertz CT molecular complexity index is 650. The van der Waals surface area contributed by atoms with Crippen molar-refractivity contribution >= 4 is 11.8 Å². The van der Waals surface area contributed by atoms with Crippen molar-refractivity contribution in [2.75, 3.05) is 13.2 Å². The first-order valence-electron chi connectivity index (χ1n) is 6.24. The zero-order valence-corrected chi connectivity index (χ0v) is 11.7. The van der Waals surface area contributed by atoms with Crippen LogP contribution in [0, 0.1) is 23.3 Å². The summed E-state index contributed by atoms with van der Waals surface area (Å²) in [4.78, 5) is 23.0. The zero-order chi connectivity index (χ0) is 17.8. The average Bonchev–Trinajstić information content (AvgIpc) is 2.55. The number of ketones is 1. The molecule has 0 saturated heterocycles. The molecule has 0 amide bonds. The first kappa shape index (κ1) is 18.8. The van der Waals surface area contributed by atoms with Crippen molar-refractivity contribution in [2.24, 2.45) is 5.73 Å². The molecule has 23 heavy (non-hydrogen) atoms. The Morgan fingerprint density at radius 2 is 1.87 bits per heavy atom. The molecule has 0 heterocycles. The summed E-state index contributed by atoms with van der Waals surface area (Å²) < 4.78 is 57.4. The van der Waals surface area contributed by atoms with Gasteiger partial charge in [-0.3, -0.25) is 4.79 Å². The Hall–Kier alpha value is -2.26. The van der Waals surface area contributed by atoms with Crippen molar-refractivity contribution in [1.29, 1.82) is 0 Å². The quantitative estimate of drug-likeness (QED) is 0.195. The largest absolute Gasteiger partial charge is 0.462 e. The summed E-state index contributed by atoms with van der Waals surface area (Å²) in [5.74, 6) is -10.2. The Labute approximate surface area is 128 Å². The molecule has 3 N–H and O–H groups in total. The molecule has 5 nitrogen and oxygen atoms in total. The number of hydrogen-bond acceptors (Lipinski definition) is 5. The van der Waals surface area contributed by atoms with E-state index in [0.29, 0.717) is 0 Å². The van der Waals surface area contributed by atoms with Crippen LogP contribution in [-0.4, -0.2) is 35.6 Å². The van der Waals surface area contributed by atoms with Crippen molar-refractivity contribution in [1.82, 2.24) is 0 Å². The minimum Gasteiger partial charge on any atom is -0.462 e. The number of esters is 1. The molecule has 0 aliphatic carbocycles. The maximum atomic E-state index is 13.6. The number of nitrogens with two attached hydrogens (primary N) is 1. The molecule has 0 bridgehead atoms. The third-order valence-electron chi connectivity index (χ3n) is 3.04. The molecule has 0 saturated carbocycles.